The molecule has 0 bridgehead atoms. The zero-order valence-corrected chi connectivity index (χ0v) is 15.0. The first-order valence-corrected chi connectivity index (χ1v) is 8.16. The van der Waals surface area contributed by atoms with Crippen molar-refractivity contribution >= 4 is 35.3 Å². The first-order valence-electron chi connectivity index (χ1n) is 6.90. The lowest BCUT2D eigenvalue weighted by molar-refractivity contribution is 0.104. The standard InChI is InChI=1S/C16H20ClNO2S.ClH/c1-11-8-13(17)5-6-15(11)20-10-14(19)9-18-12(2)16-4-3-7-21-16;/h3-8,12,14,18-19H,9-10H2,1-2H3;1H. The molecule has 6 heteroatoms. The molecule has 0 aliphatic rings. The van der Waals surface area contributed by atoms with Crippen LogP contribution in [0, 0.1) is 6.92 Å². The van der Waals surface area contributed by atoms with Crippen molar-refractivity contribution < 1.29 is 9.84 Å². The summed E-state index contributed by atoms with van der Waals surface area (Å²) in [5, 5.41) is 16.0. The summed E-state index contributed by atoms with van der Waals surface area (Å²) in [4.78, 5) is 1.26. The van der Waals surface area contributed by atoms with Crippen LogP contribution in [0.1, 0.15) is 23.4 Å². The number of hydrogen-bond acceptors (Lipinski definition) is 4. The van der Waals surface area contributed by atoms with E-state index in [2.05, 4.69) is 23.7 Å². The summed E-state index contributed by atoms with van der Waals surface area (Å²) in [6.07, 6.45) is -0.553. The van der Waals surface area contributed by atoms with Gasteiger partial charge in [0.05, 0.1) is 0 Å². The third kappa shape index (κ3) is 5.78. The molecule has 2 atom stereocenters. The highest BCUT2D eigenvalue weighted by Gasteiger charge is 2.10. The highest BCUT2D eigenvalue weighted by molar-refractivity contribution is 7.10. The monoisotopic (exact) mass is 361 g/mol. The average Bonchev–Trinajstić information content (AvgIpc) is 2.98. The molecule has 2 aromatic rings. The Balaban J connectivity index is 0.00000242. The molecule has 0 amide bonds. The SMILES string of the molecule is Cc1cc(Cl)ccc1OCC(O)CNC(C)c1cccs1.Cl. The van der Waals surface area contributed by atoms with Gasteiger partial charge in [-0.05, 0) is 49.1 Å². The summed E-state index contributed by atoms with van der Waals surface area (Å²) in [5.74, 6) is 0.754. The number of ether oxygens (including phenoxy) is 1. The topological polar surface area (TPSA) is 41.5 Å². The van der Waals surface area contributed by atoms with Crippen molar-refractivity contribution in [3.63, 3.8) is 0 Å². The molecular formula is C16H21Cl2NO2S. The Bertz CT molecular complexity index is 563. The van der Waals surface area contributed by atoms with E-state index >= 15 is 0 Å². The molecule has 0 saturated heterocycles. The maximum atomic E-state index is 9.99. The van der Waals surface area contributed by atoms with Crippen LogP contribution in [-0.2, 0) is 0 Å². The largest absolute Gasteiger partial charge is 0.491 e. The van der Waals surface area contributed by atoms with Gasteiger partial charge < -0.3 is 15.2 Å². The first-order chi connectivity index (χ1) is 10.1. The second kappa shape index (κ2) is 9.38. The lowest BCUT2D eigenvalue weighted by Crippen LogP contribution is -2.32. The number of benzene rings is 1. The molecule has 1 aromatic carbocycles. The van der Waals surface area contributed by atoms with Crippen molar-refractivity contribution in [1.82, 2.24) is 5.32 Å². The number of thiophene rings is 1. The minimum atomic E-state index is -0.553. The van der Waals surface area contributed by atoms with Crippen molar-refractivity contribution in [2.45, 2.75) is 26.0 Å². The van der Waals surface area contributed by atoms with Gasteiger partial charge in [0.25, 0.3) is 0 Å². The molecule has 2 unspecified atom stereocenters. The van der Waals surface area contributed by atoms with Crippen molar-refractivity contribution in [1.29, 1.82) is 0 Å². The van der Waals surface area contributed by atoms with Gasteiger partial charge in [0.2, 0.25) is 0 Å². The fourth-order valence-electron chi connectivity index (χ4n) is 1.97. The van der Waals surface area contributed by atoms with Gasteiger partial charge in [-0.1, -0.05) is 17.7 Å². The normalized spacial score (nSPS) is 13.3. The molecule has 0 fully saturated rings. The Morgan fingerprint density at radius 1 is 1.36 bits per heavy atom. The molecule has 0 saturated carbocycles. The number of rotatable bonds is 7. The highest BCUT2D eigenvalue weighted by atomic mass is 35.5. The van der Waals surface area contributed by atoms with E-state index in [1.807, 2.05) is 25.1 Å². The average molecular weight is 362 g/mol. The Morgan fingerprint density at radius 3 is 2.77 bits per heavy atom. The Labute approximate surface area is 146 Å². The van der Waals surface area contributed by atoms with Crippen LogP contribution < -0.4 is 10.1 Å². The maximum absolute atomic E-state index is 9.99. The zero-order chi connectivity index (χ0) is 15.2. The van der Waals surface area contributed by atoms with Crippen LogP contribution in [0.15, 0.2) is 35.7 Å². The molecule has 1 heterocycles. The quantitative estimate of drug-likeness (QED) is 0.775. The summed E-state index contributed by atoms with van der Waals surface area (Å²) in [6, 6.07) is 9.81. The van der Waals surface area contributed by atoms with E-state index in [9.17, 15) is 5.11 Å². The predicted molar refractivity (Wildman–Crippen MR) is 95.7 cm³/mol. The highest BCUT2D eigenvalue weighted by Crippen LogP contribution is 2.22. The lowest BCUT2D eigenvalue weighted by atomic mass is 10.2. The smallest absolute Gasteiger partial charge is 0.122 e. The van der Waals surface area contributed by atoms with E-state index < -0.39 is 6.10 Å². The summed E-state index contributed by atoms with van der Waals surface area (Å²) in [5.41, 5.74) is 0.967. The number of aryl methyl sites for hydroxylation is 1. The van der Waals surface area contributed by atoms with Gasteiger partial charge in [-0.15, -0.1) is 23.7 Å². The van der Waals surface area contributed by atoms with Gasteiger partial charge in [0, 0.05) is 22.5 Å². The molecule has 1 aromatic heterocycles. The van der Waals surface area contributed by atoms with Crippen molar-refractivity contribution in [2.75, 3.05) is 13.2 Å². The molecule has 0 spiro atoms. The second-order valence-corrected chi connectivity index (χ2v) is 6.44. The molecule has 0 radical (unpaired) electrons. The number of aliphatic hydroxyl groups is 1. The van der Waals surface area contributed by atoms with Gasteiger partial charge in [-0.25, -0.2) is 0 Å². The van der Waals surface area contributed by atoms with E-state index in [4.69, 9.17) is 16.3 Å². The third-order valence-corrected chi connectivity index (χ3v) is 4.49. The van der Waals surface area contributed by atoms with Gasteiger partial charge in [0.15, 0.2) is 0 Å². The van der Waals surface area contributed by atoms with Crippen molar-refractivity contribution in [2.24, 2.45) is 0 Å². The van der Waals surface area contributed by atoms with E-state index in [-0.39, 0.29) is 25.1 Å². The van der Waals surface area contributed by atoms with Crippen LogP contribution in [0.4, 0.5) is 0 Å². The molecule has 0 aliphatic carbocycles. The van der Waals surface area contributed by atoms with E-state index in [0.717, 1.165) is 11.3 Å². The first kappa shape index (κ1) is 19.3. The summed E-state index contributed by atoms with van der Waals surface area (Å²) in [6.45, 7) is 4.77. The van der Waals surface area contributed by atoms with Crippen LogP contribution in [-0.4, -0.2) is 24.4 Å². The van der Waals surface area contributed by atoms with Gasteiger partial charge in [-0.2, -0.15) is 0 Å². The number of hydrogen-bond donors (Lipinski definition) is 2. The lowest BCUT2D eigenvalue weighted by Gasteiger charge is -2.17. The van der Waals surface area contributed by atoms with Crippen LogP contribution in [0.5, 0.6) is 5.75 Å². The Morgan fingerprint density at radius 2 is 2.14 bits per heavy atom. The Kier molecular flexibility index (Phi) is 8.21. The molecular weight excluding hydrogens is 341 g/mol. The minimum Gasteiger partial charge on any atom is -0.491 e. The van der Waals surface area contributed by atoms with Gasteiger partial charge >= 0.3 is 0 Å². The zero-order valence-electron chi connectivity index (χ0n) is 12.6. The summed E-state index contributed by atoms with van der Waals surface area (Å²) >= 11 is 7.61. The Hall–Kier alpha value is -0.780. The third-order valence-electron chi connectivity index (χ3n) is 3.20. The maximum Gasteiger partial charge on any atom is 0.122 e. The van der Waals surface area contributed by atoms with Crippen molar-refractivity contribution in [3.05, 3.63) is 51.2 Å². The molecule has 3 nitrogen and oxygen atoms in total. The summed E-state index contributed by atoms with van der Waals surface area (Å²) < 4.78 is 5.63. The molecule has 0 aliphatic heterocycles. The molecule has 2 N–H and O–H groups in total. The minimum absolute atomic E-state index is 0. The van der Waals surface area contributed by atoms with E-state index in [0.29, 0.717) is 11.6 Å². The molecule has 122 valence electrons. The van der Waals surface area contributed by atoms with Gasteiger partial charge in [-0.3, -0.25) is 0 Å². The fraction of sp³-hybridized carbons (Fsp3) is 0.375. The number of aliphatic hydroxyl groups excluding tert-OH is 1. The van der Waals surface area contributed by atoms with Crippen LogP contribution in [0.2, 0.25) is 5.02 Å². The van der Waals surface area contributed by atoms with Gasteiger partial charge in [0.1, 0.15) is 18.5 Å². The van der Waals surface area contributed by atoms with Crippen LogP contribution in [0.25, 0.3) is 0 Å². The number of halogens is 2. The second-order valence-electron chi connectivity index (χ2n) is 5.02. The predicted octanol–water partition coefficient (Wildman–Crippen LogP) is 4.22. The summed E-state index contributed by atoms with van der Waals surface area (Å²) in [7, 11) is 0. The number of nitrogens with one attached hydrogen (secondary N) is 1. The fourth-order valence-corrected chi connectivity index (χ4v) is 2.96. The van der Waals surface area contributed by atoms with Crippen molar-refractivity contribution in [3.8, 4) is 5.75 Å². The van der Waals surface area contributed by atoms with Crippen LogP contribution >= 0.6 is 35.3 Å². The molecule has 2 rings (SSSR count). The molecule has 22 heavy (non-hydrogen) atoms. The van der Waals surface area contributed by atoms with Crippen LogP contribution in [0.3, 0.4) is 0 Å². The van der Waals surface area contributed by atoms with E-state index in [1.165, 1.54) is 4.88 Å². The van der Waals surface area contributed by atoms with E-state index in [1.54, 1.807) is 17.4 Å².